The summed E-state index contributed by atoms with van der Waals surface area (Å²) < 4.78 is 10.4. The molecule has 1 aromatic heterocycles. The molecule has 22 heavy (non-hydrogen) atoms. The van der Waals surface area contributed by atoms with E-state index in [2.05, 4.69) is 20.5 Å². The maximum absolute atomic E-state index is 11.6. The zero-order valence-electron chi connectivity index (χ0n) is 12.9. The second-order valence-electron chi connectivity index (χ2n) is 4.61. The molecule has 0 unspecified atom stereocenters. The first kappa shape index (κ1) is 15.6. The van der Waals surface area contributed by atoms with Crippen LogP contribution in [0, 0.1) is 13.8 Å². The number of aryl methyl sites for hydroxylation is 1. The van der Waals surface area contributed by atoms with Crippen molar-refractivity contribution in [3.05, 3.63) is 45.4 Å². The van der Waals surface area contributed by atoms with Crippen molar-refractivity contribution in [3.63, 3.8) is 0 Å². The van der Waals surface area contributed by atoms with Crippen LogP contribution in [0.25, 0.3) is 0 Å². The highest BCUT2D eigenvalue weighted by molar-refractivity contribution is 5.81. The maximum atomic E-state index is 11.6. The third-order valence-electron chi connectivity index (χ3n) is 3.19. The molecule has 0 saturated carbocycles. The zero-order chi connectivity index (χ0) is 16.1. The largest absolute Gasteiger partial charge is 0.493 e. The van der Waals surface area contributed by atoms with E-state index in [1.165, 1.54) is 0 Å². The molecule has 2 aromatic rings. The summed E-state index contributed by atoms with van der Waals surface area (Å²) >= 11 is 0. The van der Waals surface area contributed by atoms with Gasteiger partial charge in [0, 0.05) is 11.3 Å². The minimum Gasteiger partial charge on any atom is -0.493 e. The standard InChI is InChI=1S/C15H18N4O3/c1-9-10(2)17-15(18-14(9)20)19-16-8-11-5-6-12(21-3)13(7-11)22-4/h5-8H,1-4H3,(H2,17,18,19,20)/b16-8-. The highest BCUT2D eigenvalue weighted by atomic mass is 16.5. The van der Waals surface area contributed by atoms with Gasteiger partial charge in [-0.2, -0.15) is 5.10 Å². The van der Waals surface area contributed by atoms with Gasteiger partial charge in [-0.05, 0) is 37.6 Å². The predicted molar refractivity (Wildman–Crippen MR) is 85.1 cm³/mol. The molecule has 0 aliphatic carbocycles. The van der Waals surface area contributed by atoms with Gasteiger partial charge in [-0.25, -0.2) is 10.4 Å². The molecule has 2 N–H and O–H groups in total. The summed E-state index contributed by atoms with van der Waals surface area (Å²) in [4.78, 5) is 18.4. The van der Waals surface area contributed by atoms with Crippen molar-refractivity contribution in [1.82, 2.24) is 9.97 Å². The van der Waals surface area contributed by atoms with Gasteiger partial charge in [0.05, 0.1) is 20.4 Å². The van der Waals surface area contributed by atoms with Gasteiger partial charge in [-0.15, -0.1) is 0 Å². The predicted octanol–water partition coefficient (Wildman–Crippen LogP) is 1.85. The van der Waals surface area contributed by atoms with Crippen LogP contribution in [-0.4, -0.2) is 30.4 Å². The lowest BCUT2D eigenvalue weighted by Crippen LogP contribution is -2.15. The molecule has 116 valence electrons. The van der Waals surface area contributed by atoms with Crippen molar-refractivity contribution in [2.75, 3.05) is 19.6 Å². The molecule has 7 nitrogen and oxygen atoms in total. The number of hydrogen-bond acceptors (Lipinski definition) is 6. The molecule has 0 amide bonds. The van der Waals surface area contributed by atoms with E-state index in [1.54, 1.807) is 46.4 Å². The minimum absolute atomic E-state index is 0.184. The van der Waals surface area contributed by atoms with Gasteiger partial charge in [0.15, 0.2) is 11.5 Å². The van der Waals surface area contributed by atoms with Crippen molar-refractivity contribution >= 4 is 12.2 Å². The van der Waals surface area contributed by atoms with Crippen LogP contribution in [0.1, 0.15) is 16.8 Å². The summed E-state index contributed by atoms with van der Waals surface area (Å²) in [6, 6.07) is 5.42. The van der Waals surface area contributed by atoms with Gasteiger partial charge >= 0.3 is 0 Å². The average Bonchev–Trinajstić information content (AvgIpc) is 2.52. The van der Waals surface area contributed by atoms with E-state index < -0.39 is 0 Å². The van der Waals surface area contributed by atoms with E-state index in [0.29, 0.717) is 28.7 Å². The second kappa shape index (κ2) is 6.75. The molecule has 1 heterocycles. The van der Waals surface area contributed by atoms with Gasteiger partial charge in [0.1, 0.15) is 0 Å². The van der Waals surface area contributed by atoms with Gasteiger partial charge in [-0.3, -0.25) is 9.78 Å². The molecule has 1 aromatic carbocycles. The third kappa shape index (κ3) is 3.43. The summed E-state index contributed by atoms with van der Waals surface area (Å²) in [5.74, 6) is 1.56. The fourth-order valence-corrected chi connectivity index (χ4v) is 1.80. The average molecular weight is 302 g/mol. The van der Waals surface area contributed by atoms with Crippen molar-refractivity contribution < 1.29 is 9.47 Å². The Labute approximate surface area is 128 Å². The van der Waals surface area contributed by atoms with Crippen LogP contribution in [0.15, 0.2) is 28.1 Å². The fraction of sp³-hybridized carbons (Fsp3) is 0.267. The van der Waals surface area contributed by atoms with Crippen LogP contribution in [-0.2, 0) is 0 Å². The molecular weight excluding hydrogens is 284 g/mol. The maximum Gasteiger partial charge on any atom is 0.255 e. The van der Waals surface area contributed by atoms with Crippen LogP contribution in [0.3, 0.4) is 0 Å². The van der Waals surface area contributed by atoms with E-state index >= 15 is 0 Å². The summed E-state index contributed by atoms with van der Waals surface area (Å²) in [6.45, 7) is 3.49. The first-order valence-electron chi connectivity index (χ1n) is 6.63. The number of hydrazone groups is 1. The van der Waals surface area contributed by atoms with E-state index in [-0.39, 0.29) is 5.56 Å². The number of benzene rings is 1. The number of aromatic nitrogens is 2. The highest BCUT2D eigenvalue weighted by Gasteiger charge is 2.04. The molecule has 0 bridgehead atoms. The Morgan fingerprint density at radius 1 is 1.23 bits per heavy atom. The van der Waals surface area contributed by atoms with Crippen molar-refractivity contribution in [2.45, 2.75) is 13.8 Å². The smallest absolute Gasteiger partial charge is 0.255 e. The second-order valence-corrected chi connectivity index (χ2v) is 4.61. The number of H-pyrrole nitrogens is 1. The number of methoxy groups -OCH3 is 2. The number of nitrogens with zero attached hydrogens (tertiary/aromatic N) is 2. The van der Waals surface area contributed by atoms with Crippen molar-refractivity contribution in [3.8, 4) is 11.5 Å². The SMILES string of the molecule is COc1ccc(/C=N\Nc2nc(C)c(C)c(=O)[nH]2)cc1OC. The van der Waals surface area contributed by atoms with Gasteiger partial charge in [-0.1, -0.05) is 0 Å². The van der Waals surface area contributed by atoms with Crippen LogP contribution in [0.4, 0.5) is 5.95 Å². The third-order valence-corrected chi connectivity index (χ3v) is 3.19. The number of hydrogen-bond donors (Lipinski definition) is 2. The summed E-state index contributed by atoms with van der Waals surface area (Å²) in [5.41, 5.74) is 4.58. The molecule has 0 aliphatic heterocycles. The Morgan fingerprint density at radius 3 is 2.59 bits per heavy atom. The van der Waals surface area contributed by atoms with E-state index in [9.17, 15) is 4.79 Å². The summed E-state index contributed by atoms with van der Waals surface area (Å²) in [6.07, 6.45) is 1.59. The molecule has 0 fully saturated rings. The van der Waals surface area contributed by atoms with E-state index in [1.807, 2.05) is 6.07 Å². The van der Waals surface area contributed by atoms with Gasteiger partial charge < -0.3 is 9.47 Å². The molecular formula is C15H18N4O3. The van der Waals surface area contributed by atoms with Crippen LogP contribution in [0.2, 0.25) is 0 Å². The number of aromatic amines is 1. The van der Waals surface area contributed by atoms with Gasteiger partial charge in [0.25, 0.3) is 5.56 Å². The Balaban J connectivity index is 2.14. The quantitative estimate of drug-likeness (QED) is 0.650. The number of ether oxygens (including phenoxy) is 2. The zero-order valence-corrected chi connectivity index (χ0v) is 12.9. The molecule has 0 spiro atoms. The van der Waals surface area contributed by atoms with Gasteiger partial charge in [0.2, 0.25) is 5.95 Å². The topological polar surface area (TPSA) is 88.6 Å². The molecule has 0 radical (unpaired) electrons. The number of nitrogens with one attached hydrogen (secondary N) is 2. The Kier molecular flexibility index (Phi) is 4.77. The molecule has 0 saturated heterocycles. The molecule has 2 rings (SSSR count). The van der Waals surface area contributed by atoms with Crippen LogP contribution >= 0.6 is 0 Å². The number of rotatable bonds is 5. The Hall–Kier alpha value is -2.83. The normalized spacial score (nSPS) is 10.7. The lowest BCUT2D eigenvalue weighted by Gasteiger charge is -2.07. The summed E-state index contributed by atoms with van der Waals surface area (Å²) in [7, 11) is 3.15. The molecule has 7 heteroatoms. The van der Waals surface area contributed by atoms with E-state index in [0.717, 1.165) is 5.56 Å². The first-order chi connectivity index (χ1) is 10.5. The first-order valence-corrected chi connectivity index (χ1v) is 6.63. The lowest BCUT2D eigenvalue weighted by atomic mass is 10.2. The van der Waals surface area contributed by atoms with E-state index in [4.69, 9.17) is 9.47 Å². The fourth-order valence-electron chi connectivity index (χ4n) is 1.80. The Morgan fingerprint density at radius 2 is 1.95 bits per heavy atom. The van der Waals surface area contributed by atoms with Crippen molar-refractivity contribution in [2.24, 2.45) is 5.10 Å². The number of anilines is 1. The van der Waals surface area contributed by atoms with Crippen LogP contribution in [0.5, 0.6) is 11.5 Å². The highest BCUT2D eigenvalue weighted by Crippen LogP contribution is 2.26. The van der Waals surface area contributed by atoms with Crippen molar-refractivity contribution in [1.29, 1.82) is 0 Å². The molecule has 0 atom stereocenters. The monoisotopic (exact) mass is 302 g/mol. The Bertz CT molecular complexity index is 753. The minimum atomic E-state index is -0.184. The van der Waals surface area contributed by atoms with Crippen LogP contribution < -0.4 is 20.5 Å². The summed E-state index contributed by atoms with van der Waals surface area (Å²) in [5, 5.41) is 4.05. The lowest BCUT2D eigenvalue weighted by molar-refractivity contribution is 0.355. The molecule has 0 aliphatic rings.